The summed E-state index contributed by atoms with van der Waals surface area (Å²) in [6, 6.07) is 3.82. The van der Waals surface area contributed by atoms with Gasteiger partial charge in [-0.05, 0) is 25.5 Å². The minimum Gasteiger partial charge on any atom is -0.481 e. The van der Waals surface area contributed by atoms with Crippen LogP contribution in [0.15, 0.2) is 18.3 Å². The van der Waals surface area contributed by atoms with Gasteiger partial charge in [-0.3, -0.25) is 4.79 Å². The van der Waals surface area contributed by atoms with Crippen LogP contribution in [0.2, 0.25) is 0 Å². The maximum Gasteiger partial charge on any atom is 0.308 e. The molecular formula is C12H13N3O2S. The Morgan fingerprint density at radius 3 is 2.83 bits per heavy atom. The zero-order chi connectivity index (χ0) is 13.1. The van der Waals surface area contributed by atoms with E-state index in [1.54, 1.807) is 6.20 Å². The van der Waals surface area contributed by atoms with Crippen molar-refractivity contribution in [1.29, 1.82) is 0 Å². The zero-order valence-corrected chi connectivity index (χ0v) is 10.9. The van der Waals surface area contributed by atoms with Gasteiger partial charge in [0.25, 0.3) is 0 Å². The minimum atomic E-state index is -0.846. The first-order chi connectivity index (χ1) is 8.54. The maximum atomic E-state index is 10.7. The second-order valence-corrected chi connectivity index (χ2v) is 5.03. The summed E-state index contributed by atoms with van der Waals surface area (Å²) < 4.78 is 0. The normalized spacial score (nSPS) is 10.3. The highest BCUT2D eigenvalue weighted by molar-refractivity contribution is 7.15. The van der Waals surface area contributed by atoms with E-state index in [2.05, 4.69) is 15.3 Å². The number of anilines is 2. The predicted octanol–water partition coefficient (Wildman–Crippen LogP) is 2.53. The van der Waals surface area contributed by atoms with E-state index in [-0.39, 0.29) is 6.42 Å². The molecule has 2 heterocycles. The van der Waals surface area contributed by atoms with Crippen molar-refractivity contribution in [3.63, 3.8) is 0 Å². The van der Waals surface area contributed by atoms with Crippen LogP contribution in [-0.4, -0.2) is 21.0 Å². The summed E-state index contributed by atoms with van der Waals surface area (Å²) in [5.41, 5.74) is 1.83. The number of hydrogen-bond acceptors (Lipinski definition) is 5. The summed E-state index contributed by atoms with van der Waals surface area (Å²) >= 11 is 1.34. The molecule has 0 saturated heterocycles. The molecule has 2 N–H and O–H groups in total. The first kappa shape index (κ1) is 12.5. The molecule has 0 aliphatic carbocycles. The van der Waals surface area contributed by atoms with Crippen LogP contribution < -0.4 is 5.32 Å². The third-order valence-corrected chi connectivity index (χ3v) is 3.42. The maximum absolute atomic E-state index is 10.7. The van der Waals surface area contributed by atoms with Gasteiger partial charge in [-0.2, -0.15) is 0 Å². The van der Waals surface area contributed by atoms with Crippen LogP contribution in [0.1, 0.15) is 16.1 Å². The minimum absolute atomic E-state index is 0.00645. The van der Waals surface area contributed by atoms with Crippen LogP contribution in [0.4, 0.5) is 10.9 Å². The molecule has 94 valence electrons. The van der Waals surface area contributed by atoms with Crippen molar-refractivity contribution in [2.75, 3.05) is 5.32 Å². The topological polar surface area (TPSA) is 75.1 Å². The number of carbonyl (C=O) groups is 1. The van der Waals surface area contributed by atoms with E-state index >= 15 is 0 Å². The van der Waals surface area contributed by atoms with Gasteiger partial charge in [0.15, 0.2) is 5.13 Å². The highest BCUT2D eigenvalue weighted by atomic mass is 32.1. The average molecular weight is 263 g/mol. The van der Waals surface area contributed by atoms with Gasteiger partial charge in [-0.1, -0.05) is 6.07 Å². The molecule has 0 unspecified atom stereocenters. The third kappa shape index (κ3) is 3.04. The molecule has 0 amide bonds. The van der Waals surface area contributed by atoms with Crippen LogP contribution in [0, 0.1) is 13.8 Å². The van der Waals surface area contributed by atoms with Crippen molar-refractivity contribution in [2.24, 2.45) is 0 Å². The molecule has 0 bridgehead atoms. The fourth-order valence-electron chi connectivity index (χ4n) is 1.43. The van der Waals surface area contributed by atoms with Gasteiger partial charge in [0.2, 0.25) is 0 Å². The standard InChI is InChI=1S/C12H13N3O2S/c1-7-3-4-10(13-6-7)15-12-14-8(2)9(18-12)5-11(16)17/h3-4,6H,5H2,1-2H3,(H,16,17)(H,13,14,15). The third-order valence-electron chi connectivity index (χ3n) is 2.35. The highest BCUT2D eigenvalue weighted by Crippen LogP contribution is 2.25. The number of carboxylic acids is 1. The zero-order valence-electron chi connectivity index (χ0n) is 10.1. The lowest BCUT2D eigenvalue weighted by atomic mass is 10.3. The summed E-state index contributed by atoms with van der Waals surface area (Å²) in [5, 5.41) is 12.5. The van der Waals surface area contributed by atoms with Gasteiger partial charge in [0.05, 0.1) is 12.1 Å². The number of pyridine rings is 1. The van der Waals surface area contributed by atoms with Crippen LogP contribution in [0.3, 0.4) is 0 Å². The summed E-state index contributed by atoms with van der Waals surface area (Å²) in [6.45, 7) is 3.78. The number of nitrogens with one attached hydrogen (secondary N) is 1. The number of thiazole rings is 1. The van der Waals surface area contributed by atoms with Crippen molar-refractivity contribution < 1.29 is 9.90 Å². The molecule has 2 rings (SSSR count). The molecule has 2 aromatic rings. The van der Waals surface area contributed by atoms with Crippen molar-refractivity contribution in [3.8, 4) is 0 Å². The Balaban J connectivity index is 2.14. The number of aryl methyl sites for hydroxylation is 2. The molecule has 18 heavy (non-hydrogen) atoms. The highest BCUT2D eigenvalue weighted by Gasteiger charge is 2.11. The molecule has 0 atom stereocenters. The van der Waals surface area contributed by atoms with Gasteiger partial charge in [0.1, 0.15) is 5.82 Å². The second kappa shape index (κ2) is 5.14. The summed E-state index contributed by atoms with van der Waals surface area (Å²) in [7, 11) is 0. The number of carboxylic acid groups (broad SMARTS) is 1. The molecule has 0 spiro atoms. The summed E-state index contributed by atoms with van der Waals surface area (Å²) in [6.07, 6.45) is 1.77. The van der Waals surface area contributed by atoms with Gasteiger partial charge >= 0.3 is 5.97 Å². The summed E-state index contributed by atoms with van der Waals surface area (Å²) in [5.74, 6) is -0.141. The van der Waals surface area contributed by atoms with E-state index in [1.807, 2.05) is 26.0 Å². The molecule has 0 fully saturated rings. The van der Waals surface area contributed by atoms with E-state index in [0.29, 0.717) is 10.9 Å². The molecule has 0 aromatic carbocycles. The Bertz CT molecular complexity index is 563. The number of rotatable bonds is 4. The van der Waals surface area contributed by atoms with Crippen LogP contribution >= 0.6 is 11.3 Å². The molecule has 0 aliphatic heterocycles. The number of aromatic nitrogens is 2. The molecular weight excluding hydrogens is 250 g/mol. The Morgan fingerprint density at radius 2 is 2.22 bits per heavy atom. The number of hydrogen-bond donors (Lipinski definition) is 2. The molecule has 0 aliphatic rings. The quantitative estimate of drug-likeness (QED) is 0.886. The van der Waals surface area contributed by atoms with E-state index in [9.17, 15) is 4.79 Å². The van der Waals surface area contributed by atoms with E-state index < -0.39 is 5.97 Å². The largest absolute Gasteiger partial charge is 0.481 e. The van der Waals surface area contributed by atoms with Gasteiger partial charge in [-0.15, -0.1) is 11.3 Å². The second-order valence-electron chi connectivity index (χ2n) is 3.94. The molecule has 0 saturated carbocycles. The Hall–Kier alpha value is -1.95. The lowest BCUT2D eigenvalue weighted by molar-refractivity contribution is -0.136. The summed E-state index contributed by atoms with van der Waals surface area (Å²) in [4.78, 5) is 19.9. The van der Waals surface area contributed by atoms with Crippen molar-refractivity contribution in [2.45, 2.75) is 20.3 Å². The van der Waals surface area contributed by atoms with E-state index in [0.717, 1.165) is 16.1 Å². The first-order valence-electron chi connectivity index (χ1n) is 5.42. The lowest BCUT2D eigenvalue weighted by Crippen LogP contribution is -1.99. The van der Waals surface area contributed by atoms with Gasteiger partial charge in [0, 0.05) is 11.1 Å². The van der Waals surface area contributed by atoms with Gasteiger partial charge in [-0.25, -0.2) is 9.97 Å². The molecule has 0 radical (unpaired) electrons. The average Bonchev–Trinajstić information content (AvgIpc) is 2.62. The van der Waals surface area contributed by atoms with E-state index in [1.165, 1.54) is 11.3 Å². The lowest BCUT2D eigenvalue weighted by Gasteiger charge is -2.00. The molecule has 2 aromatic heterocycles. The fraction of sp³-hybridized carbons (Fsp3) is 0.250. The van der Waals surface area contributed by atoms with E-state index in [4.69, 9.17) is 5.11 Å². The Kier molecular flexibility index (Phi) is 3.57. The van der Waals surface area contributed by atoms with Crippen molar-refractivity contribution in [1.82, 2.24) is 9.97 Å². The molecule has 6 heteroatoms. The Morgan fingerprint density at radius 1 is 1.44 bits per heavy atom. The van der Waals surface area contributed by atoms with Crippen molar-refractivity contribution >= 4 is 28.3 Å². The number of aliphatic carboxylic acids is 1. The van der Waals surface area contributed by atoms with Crippen LogP contribution in [-0.2, 0) is 11.2 Å². The van der Waals surface area contributed by atoms with Crippen molar-refractivity contribution in [3.05, 3.63) is 34.5 Å². The monoisotopic (exact) mass is 263 g/mol. The van der Waals surface area contributed by atoms with Crippen LogP contribution in [0.25, 0.3) is 0 Å². The smallest absolute Gasteiger partial charge is 0.308 e. The first-order valence-corrected chi connectivity index (χ1v) is 6.24. The predicted molar refractivity (Wildman–Crippen MR) is 70.4 cm³/mol. The SMILES string of the molecule is Cc1ccc(Nc2nc(C)c(CC(=O)O)s2)nc1. The molecule has 5 nitrogen and oxygen atoms in total. The fourth-order valence-corrected chi connectivity index (χ4v) is 2.39. The number of nitrogens with zero attached hydrogens (tertiary/aromatic N) is 2. The van der Waals surface area contributed by atoms with Crippen LogP contribution in [0.5, 0.6) is 0 Å². The Labute approximate surface area is 109 Å². The van der Waals surface area contributed by atoms with Gasteiger partial charge < -0.3 is 10.4 Å².